The molecule has 1 spiro atoms. The first-order valence-electron chi connectivity index (χ1n) is 9.93. The van der Waals surface area contributed by atoms with Crippen molar-refractivity contribution in [2.45, 2.75) is 51.0 Å². The van der Waals surface area contributed by atoms with Crippen molar-refractivity contribution in [2.75, 3.05) is 6.61 Å². The SMILES string of the molecule is CCOC(=O)C=C1NC2(Cc3ccccc31)C1CC3CC(C1)CC2C3. The first kappa shape index (κ1) is 15.5. The van der Waals surface area contributed by atoms with Gasteiger partial charge < -0.3 is 10.1 Å². The number of rotatable bonds is 2. The Hall–Kier alpha value is -1.77. The van der Waals surface area contributed by atoms with Crippen LogP contribution in [-0.2, 0) is 16.0 Å². The van der Waals surface area contributed by atoms with Crippen molar-refractivity contribution in [2.24, 2.45) is 23.7 Å². The third-order valence-electron chi connectivity index (χ3n) is 7.30. The molecule has 0 radical (unpaired) electrons. The lowest BCUT2D eigenvalue weighted by Gasteiger charge is -2.63. The lowest BCUT2D eigenvalue weighted by molar-refractivity contribution is -0.137. The quantitative estimate of drug-likeness (QED) is 0.656. The van der Waals surface area contributed by atoms with Gasteiger partial charge in [0.05, 0.1) is 6.61 Å². The molecule has 0 aromatic heterocycles. The molecule has 0 saturated heterocycles. The van der Waals surface area contributed by atoms with Gasteiger partial charge in [0.1, 0.15) is 0 Å². The molecule has 0 atom stereocenters. The van der Waals surface area contributed by atoms with E-state index in [4.69, 9.17) is 4.74 Å². The van der Waals surface area contributed by atoms with Crippen molar-refractivity contribution >= 4 is 11.7 Å². The molecule has 3 heteroatoms. The fraction of sp³-hybridized carbons (Fsp3) is 0.591. The summed E-state index contributed by atoms with van der Waals surface area (Å²) >= 11 is 0. The predicted octanol–water partition coefficient (Wildman–Crippen LogP) is 3.93. The van der Waals surface area contributed by atoms with Gasteiger partial charge in [0.2, 0.25) is 0 Å². The van der Waals surface area contributed by atoms with Crippen LogP contribution in [0.3, 0.4) is 0 Å². The van der Waals surface area contributed by atoms with E-state index < -0.39 is 0 Å². The van der Waals surface area contributed by atoms with Gasteiger partial charge in [-0.2, -0.15) is 0 Å². The average molecular weight is 337 g/mol. The van der Waals surface area contributed by atoms with E-state index in [-0.39, 0.29) is 11.5 Å². The van der Waals surface area contributed by atoms with Crippen LogP contribution in [0.1, 0.15) is 50.2 Å². The fourth-order valence-corrected chi connectivity index (χ4v) is 6.55. The number of carbonyl (C=O) groups excluding carboxylic acids is 1. The Labute approximate surface area is 149 Å². The van der Waals surface area contributed by atoms with Gasteiger partial charge in [-0.25, -0.2) is 4.79 Å². The maximum Gasteiger partial charge on any atom is 0.332 e. The van der Waals surface area contributed by atoms with E-state index in [2.05, 4.69) is 29.6 Å². The summed E-state index contributed by atoms with van der Waals surface area (Å²) < 4.78 is 5.20. The largest absolute Gasteiger partial charge is 0.463 e. The number of hydrogen-bond acceptors (Lipinski definition) is 3. The molecule has 3 nitrogen and oxygen atoms in total. The Kier molecular flexibility index (Phi) is 3.48. The monoisotopic (exact) mass is 337 g/mol. The molecule has 132 valence electrons. The number of esters is 1. The second kappa shape index (κ2) is 5.62. The van der Waals surface area contributed by atoms with Gasteiger partial charge in [0.25, 0.3) is 0 Å². The Balaban J connectivity index is 1.57. The normalized spacial score (nSPS) is 39.3. The van der Waals surface area contributed by atoms with E-state index >= 15 is 0 Å². The second-order valence-electron chi connectivity index (χ2n) is 8.61. The van der Waals surface area contributed by atoms with Gasteiger partial charge in [0, 0.05) is 22.9 Å². The van der Waals surface area contributed by atoms with Crippen molar-refractivity contribution in [1.82, 2.24) is 5.32 Å². The van der Waals surface area contributed by atoms with Crippen molar-refractivity contribution in [1.29, 1.82) is 0 Å². The van der Waals surface area contributed by atoms with Crippen LogP contribution in [0, 0.1) is 23.7 Å². The van der Waals surface area contributed by atoms with E-state index in [9.17, 15) is 4.79 Å². The Morgan fingerprint density at radius 3 is 2.52 bits per heavy atom. The minimum atomic E-state index is -0.235. The fourth-order valence-electron chi connectivity index (χ4n) is 6.55. The Morgan fingerprint density at radius 1 is 1.16 bits per heavy atom. The lowest BCUT2D eigenvalue weighted by Crippen LogP contribution is -2.66. The molecular weight excluding hydrogens is 310 g/mol. The predicted molar refractivity (Wildman–Crippen MR) is 97.7 cm³/mol. The molecular formula is C22H27NO2. The number of ether oxygens (including phenoxy) is 1. The molecule has 5 aliphatic rings. The molecule has 1 N–H and O–H groups in total. The molecule has 25 heavy (non-hydrogen) atoms. The van der Waals surface area contributed by atoms with Crippen molar-refractivity contribution in [3.8, 4) is 0 Å². The Morgan fingerprint density at radius 2 is 1.84 bits per heavy atom. The molecule has 6 rings (SSSR count). The third kappa shape index (κ3) is 2.35. The molecule has 1 aromatic carbocycles. The highest BCUT2D eigenvalue weighted by molar-refractivity contribution is 5.92. The van der Waals surface area contributed by atoms with Crippen LogP contribution in [0.25, 0.3) is 5.70 Å². The molecule has 1 heterocycles. The zero-order valence-electron chi connectivity index (χ0n) is 15.0. The minimum absolute atomic E-state index is 0.153. The lowest BCUT2D eigenvalue weighted by atomic mass is 9.47. The van der Waals surface area contributed by atoms with Gasteiger partial charge in [0.15, 0.2) is 0 Å². The van der Waals surface area contributed by atoms with E-state index in [1.807, 2.05) is 6.92 Å². The molecule has 4 bridgehead atoms. The van der Waals surface area contributed by atoms with Gasteiger partial charge >= 0.3 is 5.97 Å². The average Bonchev–Trinajstić information content (AvgIpc) is 2.59. The van der Waals surface area contributed by atoms with Crippen LogP contribution in [0.5, 0.6) is 0 Å². The van der Waals surface area contributed by atoms with Gasteiger partial charge in [-0.3, -0.25) is 0 Å². The van der Waals surface area contributed by atoms with Crippen LogP contribution in [0.2, 0.25) is 0 Å². The number of hydrogen-bond donors (Lipinski definition) is 1. The van der Waals surface area contributed by atoms with Gasteiger partial charge in [-0.1, -0.05) is 24.3 Å². The molecule has 4 aliphatic carbocycles. The van der Waals surface area contributed by atoms with E-state index in [0.717, 1.165) is 35.8 Å². The maximum atomic E-state index is 12.2. The van der Waals surface area contributed by atoms with Crippen LogP contribution in [0.4, 0.5) is 0 Å². The van der Waals surface area contributed by atoms with Crippen LogP contribution in [0.15, 0.2) is 30.3 Å². The summed E-state index contributed by atoms with van der Waals surface area (Å²) in [5, 5.41) is 3.92. The number of nitrogens with one attached hydrogen (secondary N) is 1. The summed E-state index contributed by atoms with van der Waals surface area (Å²) in [6.07, 6.45) is 9.74. The van der Waals surface area contributed by atoms with Gasteiger partial charge in [-0.15, -0.1) is 0 Å². The van der Waals surface area contributed by atoms with Crippen molar-refractivity contribution in [3.05, 3.63) is 41.5 Å². The summed E-state index contributed by atoms with van der Waals surface area (Å²) in [5.74, 6) is 3.17. The topological polar surface area (TPSA) is 38.3 Å². The zero-order valence-corrected chi connectivity index (χ0v) is 15.0. The van der Waals surface area contributed by atoms with E-state index in [0.29, 0.717) is 6.61 Å². The molecule has 0 unspecified atom stereocenters. The summed E-state index contributed by atoms with van der Waals surface area (Å²) in [4.78, 5) is 12.2. The van der Waals surface area contributed by atoms with Crippen LogP contribution >= 0.6 is 0 Å². The molecule has 4 fully saturated rings. The molecule has 0 amide bonds. The highest BCUT2D eigenvalue weighted by Crippen LogP contribution is 2.60. The summed E-state index contributed by atoms with van der Waals surface area (Å²) in [7, 11) is 0. The third-order valence-corrected chi connectivity index (χ3v) is 7.30. The number of fused-ring (bicyclic) bond motifs is 1. The van der Waals surface area contributed by atoms with E-state index in [1.54, 1.807) is 6.08 Å². The van der Waals surface area contributed by atoms with Crippen molar-refractivity contribution in [3.63, 3.8) is 0 Å². The highest BCUT2D eigenvalue weighted by Gasteiger charge is 2.58. The highest BCUT2D eigenvalue weighted by atomic mass is 16.5. The van der Waals surface area contributed by atoms with Gasteiger partial charge in [-0.05, 0) is 74.7 Å². The minimum Gasteiger partial charge on any atom is -0.463 e. The first-order chi connectivity index (χ1) is 12.2. The van der Waals surface area contributed by atoms with E-state index in [1.165, 1.54) is 43.2 Å². The number of carbonyl (C=O) groups is 1. The first-order valence-corrected chi connectivity index (χ1v) is 9.93. The smallest absolute Gasteiger partial charge is 0.332 e. The Bertz CT molecular complexity index is 707. The molecule has 1 aromatic rings. The maximum absolute atomic E-state index is 12.2. The standard InChI is InChI=1S/C22H27NO2/c1-2-25-21(24)12-20-19-6-4-3-5-16(19)13-22(23-20)17-8-14-7-15(10-17)11-18(22)9-14/h3-6,12,14-15,17-18,23H,2,7-11,13H2,1H3. The number of benzene rings is 1. The van der Waals surface area contributed by atoms with Crippen LogP contribution < -0.4 is 5.32 Å². The second-order valence-corrected chi connectivity index (χ2v) is 8.61. The van der Waals surface area contributed by atoms with Crippen molar-refractivity contribution < 1.29 is 9.53 Å². The molecule has 4 saturated carbocycles. The molecule has 1 aliphatic heterocycles. The van der Waals surface area contributed by atoms with Crippen LogP contribution in [-0.4, -0.2) is 18.1 Å². The summed E-state index contributed by atoms with van der Waals surface area (Å²) in [6, 6.07) is 8.59. The summed E-state index contributed by atoms with van der Waals surface area (Å²) in [5.41, 5.74) is 3.70. The zero-order chi connectivity index (χ0) is 17.0. The summed E-state index contributed by atoms with van der Waals surface area (Å²) in [6.45, 7) is 2.28.